The molecule has 1 saturated heterocycles. The number of hydrogen-bond acceptors (Lipinski definition) is 3. The third-order valence-electron chi connectivity index (χ3n) is 3.56. The van der Waals surface area contributed by atoms with Crippen LogP contribution in [0.1, 0.15) is 33.1 Å². The Balaban J connectivity index is 2.84. The molecule has 1 N–H and O–H groups in total. The van der Waals surface area contributed by atoms with Crippen LogP contribution in [0.3, 0.4) is 0 Å². The van der Waals surface area contributed by atoms with Crippen LogP contribution in [0.2, 0.25) is 0 Å². The number of nitrogens with zero attached hydrogens (tertiary/aromatic N) is 1. The first kappa shape index (κ1) is 12.8. The lowest BCUT2D eigenvalue weighted by atomic mass is 9.94. The van der Waals surface area contributed by atoms with E-state index in [1.807, 2.05) is 7.05 Å². The summed E-state index contributed by atoms with van der Waals surface area (Å²) in [5.41, 5.74) is -0.610. The van der Waals surface area contributed by atoms with E-state index in [4.69, 9.17) is 0 Å². The first-order valence-corrected chi connectivity index (χ1v) is 6.78. The van der Waals surface area contributed by atoms with E-state index in [9.17, 15) is 9.90 Å². The van der Waals surface area contributed by atoms with Gasteiger partial charge >= 0.3 is 5.97 Å². The molecule has 0 amide bonds. The van der Waals surface area contributed by atoms with Crippen molar-refractivity contribution in [1.29, 1.82) is 0 Å². The van der Waals surface area contributed by atoms with Crippen LogP contribution in [-0.4, -0.2) is 46.1 Å². The molecule has 0 aromatic rings. The highest BCUT2D eigenvalue weighted by atomic mass is 32.2. The van der Waals surface area contributed by atoms with Gasteiger partial charge < -0.3 is 5.11 Å². The minimum Gasteiger partial charge on any atom is -0.480 e. The molecule has 0 radical (unpaired) electrons. The summed E-state index contributed by atoms with van der Waals surface area (Å²) in [6, 6.07) is 0.389. The Morgan fingerprint density at radius 1 is 1.53 bits per heavy atom. The molecule has 1 unspecified atom stereocenters. The molecule has 0 aliphatic carbocycles. The van der Waals surface area contributed by atoms with Crippen molar-refractivity contribution in [3.63, 3.8) is 0 Å². The van der Waals surface area contributed by atoms with Crippen LogP contribution < -0.4 is 0 Å². The summed E-state index contributed by atoms with van der Waals surface area (Å²) in [5.74, 6) is 1.05. The van der Waals surface area contributed by atoms with Gasteiger partial charge in [0.1, 0.15) is 5.54 Å². The molecular weight excluding hydrogens is 210 g/mol. The molecule has 0 aromatic carbocycles. The van der Waals surface area contributed by atoms with Crippen molar-refractivity contribution in [3.05, 3.63) is 0 Å². The van der Waals surface area contributed by atoms with E-state index in [-0.39, 0.29) is 0 Å². The topological polar surface area (TPSA) is 40.5 Å². The van der Waals surface area contributed by atoms with Crippen molar-refractivity contribution in [1.82, 2.24) is 4.90 Å². The van der Waals surface area contributed by atoms with E-state index >= 15 is 0 Å². The first-order chi connectivity index (χ1) is 7.08. The van der Waals surface area contributed by atoms with Crippen LogP contribution in [0.5, 0.6) is 0 Å². The Morgan fingerprint density at radius 2 is 2.13 bits per heavy atom. The highest BCUT2D eigenvalue weighted by molar-refractivity contribution is 7.99. The van der Waals surface area contributed by atoms with Crippen LogP contribution in [0.25, 0.3) is 0 Å². The molecule has 1 aliphatic heterocycles. The smallest absolute Gasteiger partial charge is 0.325 e. The van der Waals surface area contributed by atoms with Crippen LogP contribution in [-0.2, 0) is 4.79 Å². The Bertz CT molecular complexity index is 223. The van der Waals surface area contributed by atoms with E-state index in [1.54, 1.807) is 11.8 Å². The minimum absolute atomic E-state index is 0.389. The lowest BCUT2D eigenvalue weighted by molar-refractivity contribution is -0.150. The summed E-state index contributed by atoms with van der Waals surface area (Å²) in [4.78, 5) is 13.5. The molecule has 0 spiro atoms. The number of likely N-dealkylation sites (N-methyl/N-ethyl adjacent to an activating group) is 1. The summed E-state index contributed by atoms with van der Waals surface area (Å²) in [6.45, 7) is 4.25. The van der Waals surface area contributed by atoms with Crippen LogP contribution >= 0.6 is 11.8 Å². The highest BCUT2D eigenvalue weighted by Gasteiger charge is 2.46. The van der Waals surface area contributed by atoms with E-state index < -0.39 is 11.5 Å². The number of hydrogen-bond donors (Lipinski definition) is 1. The lowest BCUT2D eigenvalue weighted by Crippen LogP contribution is -2.56. The fourth-order valence-electron chi connectivity index (χ4n) is 2.34. The predicted octanol–water partition coefficient (Wildman–Crippen LogP) is 2.07. The second kappa shape index (κ2) is 5.21. The Hall–Kier alpha value is -0.220. The maximum absolute atomic E-state index is 11.4. The average molecular weight is 231 g/mol. The molecule has 3 nitrogen and oxygen atoms in total. The lowest BCUT2D eigenvalue weighted by Gasteiger charge is -2.39. The van der Waals surface area contributed by atoms with E-state index in [2.05, 4.69) is 18.7 Å². The maximum atomic E-state index is 11.4. The number of thioether (sulfide) groups is 1. The Labute approximate surface area is 96.2 Å². The van der Waals surface area contributed by atoms with Crippen molar-refractivity contribution < 1.29 is 9.90 Å². The number of carboxylic acid groups (broad SMARTS) is 1. The standard InChI is InChI=1S/C11H21NO2S/c1-4-9(5-2)12(3)11(10(13)14)6-7-15-8-11/h9H,4-8H2,1-3H3,(H,13,14). The average Bonchev–Trinajstić information content (AvgIpc) is 2.69. The van der Waals surface area contributed by atoms with Crippen molar-refractivity contribution in [3.8, 4) is 0 Å². The number of carbonyl (C=O) groups is 1. The van der Waals surface area contributed by atoms with Gasteiger partial charge in [0.15, 0.2) is 0 Å². The fourth-order valence-corrected chi connectivity index (χ4v) is 3.77. The number of rotatable bonds is 5. The zero-order valence-electron chi connectivity index (χ0n) is 9.82. The molecule has 4 heteroatoms. The molecular formula is C11H21NO2S. The SMILES string of the molecule is CCC(CC)N(C)C1(C(=O)O)CCSC1. The third kappa shape index (κ3) is 2.31. The number of carboxylic acids is 1. The van der Waals surface area contributed by atoms with E-state index in [0.717, 1.165) is 30.8 Å². The quantitative estimate of drug-likeness (QED) is 0.786. The van der Waals surface area contributed by atoms with Crippen LogP contribution in [0, 0.1) is 0 Å². The van der Waals surface area contributed by atoms with Gasteiger partial charge in [-0.05, 0) is 32.1 Å². The number of aliphatic carboxylic acids is 1. The molecule has 1 aliphatic rings. The van der Waals surface area contributed by atoms with Crippen molar-refractivity contribution in [2.75, 3.05) is 18.6 Å². The second-order valence-corrected chi connectivity index (χ2v) is 5.33. The van der Waals surface area contributed by atoms with Gasteiger partial charge in [-0.15, -0.1) is 0 Å². The molecule has 1 rings (SSSR count). The Morgan fingerprint density at radius 3 is 2.47 bits per heavy atom. The van der Waals surface area contributed by atoms with Crippen molar-refractivity contribution in [2.24, 2.45) is 0 Å². The second-order valence-electron chi connectivity index (χ2n) is 4.22. The molecule has 0 aromatic heterocycles. The van der Waals surface area contributed by atoms with Crippen molar-refractivity contribution in [2.45, 2.75) is 44.7 Å². The summed E-state index contributed by atoms with van der Waals surface area (Å²) >= 11 is 1.75. The predicted molar refractivity (Wildman–Crippen MR) is 64.4 cm³/mol. The molecule has 1 fully saturated rings. The molecule has 1 atom stereocenters. The van der Waals surface area contributed by atoms with Crippen molar-refractivity contribution >= 4 is 17.7 Å². The highest BCUT2D eigenvalue weighted by Crippen LogP contribution is 2.35. The van der Waals surface area contributed by atoms with Gasteiger partial charge in [0, 0.05) is 11.8 Å². The van der Waals surface area contributed by atoms with Crippen LogP contribution in [0.15, 0.2) is 0 Å². The van der Waals surface area contributed by atoms with Gasteiger partial charge in [-0.25, -0.2) is 0 Å². The summed E-state index contributed by atoms with van der Waals surface area (Å²) in [5, 5.41) is 9.42. The molecule has 15 heavy (non-hydrogen) atoms. The van der Waals surface area contributed by atoms with Gasteiger partial charge in [0.25, 0.3) is 0 Å². The van der Waals surface area contributed by atoms with Gasteiger partial charge in [0.2, 0.25) is 0 Å². The molecule has 0 bridgehead atoms. The molecule has 1 heterocycles. The zero-order valence-corrected chi connectivity index (χ0v) is 10.6. The van der Waals surface area contributed by atoms with E-state index in [1.165, 1.54) is 0 Å². The molecule has 0 saturated carbocycles. The maximum Gasteiger partial charge on any atom is 0.325 e. The molecule has 88 valence electrons. The van der Waals surface area contributed by atoms with Crippen LogP contribution in [0.4, 0.5) is 0 Å². The minimum atomic E-state index is -0.651. The van der Waals surface area contributed by atoms with Gasteiger partial charge in [-0.1, -0.05) is 13.8 Å². The normalized spacial score (nSPS) is 26.5. The fraction of sp³-hybridized carbons (Fsp3) is 0.909. The summed E-state index contributed by atoms with van der Waals surface area (Å²) < 4.78 is 0. The Kier molecular flexibility index (Phi) is 4.46. The van der Waals surface area contributed by atoms with E-state index in [0.29, 0.717) is 6.04 Å². The largest absolute Gasteiger partial charge is 0.480 e. The monoisotopic (exact) mass is 231 g/mol. The zero-order chi connectivity index (χ0) is 11.5. The van der Waals surface area contributed by atoms with Gasteiger partial charge in [0.05, 0.1) is 0 Å². The van der Waals surface area contributed by atoms with Gasteiger partial charge in [-0.3, -0.25) is 9.69 Å². The third-order valence-corrected chi connectivity index (χ3v) is 4.74. The summed E-state index contributed by atoms with van der Waals surface area (Å²) in [6.07, 6.45) is 2.82. The first-order valence-electron chi connectivity index (χ1n) is 5.62. The van der Waals surface area contributed by atoms with Gasteiger partial charge in [-0.2, -0.15) is 11.8 Å². The summed E-state index contributed by atoms with van der Waals surface area (Å²) in [7, 11) is 1.97.